The van der Waals surface area contributed by atoms with Gasteiger partial charge >= 0.3 is 6.09 Å². The fourth-order valence-electron chi connectivity index (χ4n) is 5.02. The summed E-state index contributed by atoms with van der Waals surface area (Å²) in [6.07, 6.45) is -2.24. The van der Waals surface area contributed by atoms with E-state index in [0.29, 0.717) is 17.9 Å². The molecule has 0 heterocycles. The molecule has 0 fully saturated rings. The number of hydrogen-bond acceptors (Lipinski definition) is 5. The van der Waals surface area contributed by atoms with Crippen LogP contribution in [-0.2, 0) is 23.1 Å². The van der Waals surface area contributed by atoms with Gasteiger partial charge in [0.25, 0.3) is 0 Å². The maximum Gasteiger partial charge on any atom is 0.408 e. The molecule has 3 rings (SSSR count). The lowest BCUT2D eigenvalue weighted by molar-refractivity contribution is 0.000540. The number of amides is 1. The summed E-state index contributed by atoms with van der Waals surface area (Å²) in [5.74, 6) is 0.547. The highest BCUT2D eigenvalue weighted by Crippen LogP contribution is 2.28. The zero-order valence-electron chi connectivity index (χ0n) is 25.4. The molecular weight excluding hydrogens is 552 g/mol. The van der Waals surface area contributed by atoms with Crippen molar-refractivity contribution in [2.45, 2.75) is 77.2 Å². The van der Waals surface area contributed by atoms with Crippen molar-refractivity contribution in [1.82, 2.24) is 9.21 Å². The van der Waals surface area contributed by atoms with Gasteiger partial charge in [-0.1, -0.05) is 74.5 Å². The average Bonchev–Trinajstić information content (AvgIpc) is 2.91. The zero-order chi connectivity index (χ0) is 31.1. The van der Waals surface area contributed by atoms with Crippen LogP contribution in [0.2, 0.25) is 0 Å². The molecule has 0 radical (unpaired) electrons. The predicted octanol–water partition coefficient (Wildman–Crippen LogP) is 5.97. The summed E-state index contributed by atoms with van der Waals surface area (Å²) in [5.41, 5.74) is 1.68. The maximum atomic E-state index is 14.0. The van der Waals surface area contributed by atoms with E-state index in [0.717, 1.165) is 11.1 Å². The van der Waals surface area contributed by atoms with Crippen LogP contribution < -0.4 is 4.74 Å². The van der Waals surface area contributed by atoms with Crippen LogP contribution in [0.25, 0.3) is 0 Å². The summed E-state index contributed by atoms with van der Waals surface area (Å²) >= 11 is 0. The first-order chi connectivity index (χ1) is 19.7. The van der Waals surface area contributed by atoms with Crippen LogP contribution in [0, 0.1) is 12.8 Å². The van der Waals surface area contributed by atoms with Gasteiger partial charge in [-0.3, -0.25) is 4.90 Å². The van der Waals surface area contributed by atoms with E-state index in [1.807, 2.05) is 74.5 Å². The minimum Gasteiger partial charge on any atom is -0.489 e. The van der Waals surface area contributed by atoms with Crippen molar-refractivity contribution < 1.29 is 28.2 Å². The van der Waals surface area contributed by atoms with E-state index >= 15 is 0 Å². The van der Waals surface area contributed by atoms with Gasteiger partial charge in [0.1, 0.15) is 12.4 Å². The number of hydrogen-bond donors (Lipinski definition) is 2. The Balaban J connectivity index is 1.91. The molecule has 8 nitrogen and oxygen atoms in total. The maximum absolute atomic E-state index is 14.0. The highest BCUT2D eigenvalue weighted by atomic mass is 32.2. The molecule has 0 aromatic heterocycles. The Morgan fingerprint density at radius 2 is 1.48 bits per heavy atom. The highest BCUT2D eigenvalue weighted by Gasteiger charge is 2.39. The average molecular weight is 597 g/mol. The topological polar surface area (TPSA) is 107 Å². The van der Waals surface area contributed by atoms with Crippen LogP contribution in [0.4, 0.5) is 4.79 Å². The number of carboxylic acid groups (broad SMARTS) is 1. The quantitative estimate of drug-likeness (QED) is 0.252. The Morgan fingerprint density at radius 3 is 1.98 bits per heavy atom. The first-order valence-corrected chi connectivity index (χ1v) is 15.7. The molecule has 3 aromatic rings. The van der Waals surface area contributed by atoms with Crippen LogP contribution in [0.15, 0.2) is 83.8 Å². The van der Waals surface area contributed by atoms with Crippen LogP contribution in [0.5, 0.6) is 5.75 Å². The second-order valence-corrected chi connectivity index (χ2v) is 14.0. The fourth-order valence-corrected chi connectivity index (χ4v) is 6.73. The van der Waals surface area contributed by atoms with Crippen molar-refractivity contribution in [1.29, 1.82) is 0 Å². The summed E-state index contributed by atoms with van der Waals surface area (Å²) in [6.45, 7) is 11.1. The third-order valence-electron chi connectivity index (χ3n) is 6.97. The third kappa shape index (κ3) is 8.80. The van der Waals surface area contributed by atoms with Crippen LogP contribution in [0.1, 0.15) is 51.3 Å². The van der Waals surface area contributed by atoms with Crippen molar-refractivity contribution in [3.8, 4) is 5.75 Å². The molecule has 9 heteroatoms. The van der Waals surface area contributed by atoms with Gasteiger partial charge in [0, 0.05) is 18.6 Å². The molecule has 0 bridgehead atoms. The van der Waals surface area contributed by atoms with Crippen molar-refractivity contribution in [2.75, 3.05) is 13.1 Å². The SMILES string of the molecule is Cc1cc(S(=O)(=O)N(CC(C)C)C[C@@H](O)[C@H](Cc2ccccc2)N(C(=O)O)C(C)(C)C)ccc1OCc1ccccc1. The summed E-state index contributed by atoms with van der Waals surface area (Å²) in [7, 11) is -4.03. The lowest BCUT2D eigenvalue weighted by Gasteiger charge is -2.42. The normalized spacial score (nSPS) is 13.6. The highest BCUT2D eigenvalue weighted by molar-refractivity contribution is 7.89. The smallest absolute Gasteiger partial charge is 0.408 e. The second-order valence-electron chi connectivity index (χ2n) is 12.1. The van der Waals surface area contributed by atoms with Gasteiger partial charge < -0.3 is 14.9 Å². The molecule has 0 unspecified atom stereocenters. The lowest BCUT2D eigenvalue weighted by atomic mass is 9.94. The molecule has 1 amide bonds. The van der Waals surface area contributed by atoms with E-state index in [-0.39, 0.29) is 30.3 Å². The molecule has 0 aliphatic carbocycles. The minimum absolute atomic E-state index is 0.0349. The standard InChI is InChI=1S/C33H44N2O6S/c1-24(2)21-34(22-30(36)29(20-26-13-9-7-10-14-26)35(32(37)38)33(4,5)6)42(39,40)28-17-18-31(25(3)19-28)41-23-27-15-11-8-12-16-27/h7-19,24,29-30,36H,20-23H2,1-6H3,(H,37,38)/t29-,30+/m0/s1. The molecule has 0 aliphatic heterocycles. The van der Waals surface area contributed by atoms with Crippen LogP contribution in [-0.4, -0.2) is 64.7 Å². The van der Waals surface area contributed by atoms with E-state index in [1.54, 1.807) is 39.8 Å². The molecular formula is C33H44N2O6S. The predicted molar refractivity (Wildman–Crippen MR) is 165 cm³/mol. The van der Waals surface area contributed by atoms with Gasteiger partial charge in [-0.2, -0.15) is 4.31 Å². The Bertz CT molecular complexity index is 1410. The van der Waals surface area contributed by atoms with E-state index < -0.39 is 33.8 Å². The molecule has 2 N–H and O–H groups in total. The fraction of sp³-hybridized carbons (Fsp3) is 0.424. The van der Waals surface area contributed by atoms with Crippen molar-refractivity contribution in [3.63, 3.8) is 0 Å². The summed E-state index contributed by atoms with van der Waals surface area (Å²) in [6, 6.07) is 22.9. The number of rotatable bonds is 13. The largest absolute Gasteiger partial charge is 0.489 e. The number of aryl methyl sites for hydroxylation is 1. The number of carbonyl (C=O) groups is 1. The van der Waals surface area contributed by atoms with Gasteiger partial charge in [0.2, 0.25) is 10.0 Å². The number of sulfonamides is 1. The first-order valence-electron chi connectivity index (χ1n) is 14.2. The Hall–Kier alpha value is -3.40. The van der Waals surface area contributed by atoms with Gasteiger partial charge in [0.15, 0.2) is 0 Å². The van der Waals surface area contributed by atoms with E-state index in [9.17, 15) is 23.4 Å². The molecule has 0 saturated carbocycles. The van der Waals surface area contributed by atoms with E-state index in [2.05, 4.69) is 0 Å². The Labute approximate surface area is 250 Å². The zero-order valence-corrected chi connectivity index (χ0v) is 26.2. The van der Waals surface area contributed by atoms with Crippen molar-refractivity contribution >= 4 is 16.1 Å². The third-order valence-corrected chi connectivity index (χ3v) is 8.80. The molecule has 3 aromatic carbocycles. The molecule has 0 spiro atoms. The molecule has 228 valence electrons. The summed E-state index contributed by atoms with van der Waals surface area (Å²) in [4.78, 5) is 13.8. The number of aliphatic hydroxyl groups excluding tert-OH is 1. The van der Waals surface area contributed by atoms with Gasteiger partial charge in [-0.15, -0.1) is 0 Å². The molecule has 42 heavy (non-hydrogen) atoms. The monoisotopic (exact) mass is 596 g/mol. The number of benzene rings is 3. The second kappa shape index (κ2) is 14.2. The van der Waals surface area contributed by atoms with Crippen LogP contribution >= 0.6 is 0 Å². The number of aliphatic hydroxyl groups is 1. The number of nitrogens with zero attached hydrogens (tertiary/aromatic N) is 2. The van der Waals surface area contributed by atoms with Gasteiger partial charge in [-0.25, -0.2) is 13.2 Å². The number of ether oxygens (including phenoxy) is 1. The lowest BCUT2D eigenvalue weighted by Crippen LogP contribution is -2.58. The van der Waals surface area contributed by atoms with E-state index in [1.165, 1.54) is 15.3 Å². The molecule has 0 aliphatic rings. The van der Waals surface area contributed by atoms with Gasteiger partial charge in [-0.05, 0) is 74.9 Å². The summed E-state index contributed by atoms with van der Waals surface area (Å²) < 4.78 is 35.1. The van der Waals surface area contributed by atoms with Crippen LogP contribution in [0.3, 0.4) is 0 Å². The van der Waals surface area contributed by atoms with Crippen molar-refractivity contribution in [3.05, 3.63) is 95.6 Å². The minimum atomic E-state index is -4.03. The van der Waals surface area contributed by atoms with E-state index in [4.69, 9.17) is 4.74 Å². The molecule has 0 saturated heterocycles. The first kappa shape index (κ1) is 33.1. The van der Waals surface area contributed by atoms with Gasteiger partial charge in [0.05, 0.1) is 17.0 Å². The summed E-state index contributed by atoms with van der Waals surface area (Å²) in [5, 5.41) is 21.8. The Morgan fingerprint density at radius 1 is 0.905 bits per heavy atom. The Kier molecular flexibility index (Phi) is 11.2. The molecule has 2 atom stereocenters. The van der Waals surface area contributed by atoms with Crippen molar-refractivity contribution in [2.24, 2.45) is 5.92 Å².